The van der Waals surface area contributed by atoms with Crippen molar-refractivity contribution in [1.82, 2.24) is 0 Å². The van der Waals surface area contributed by atoms with Gasteiger partial charge in [-0.25, -0.2) is 0 Å². The van der Waals surface area contributed by atoms with Crippen molar-refractivity contribution in [1.29, 1.82) is 5.26 Å². The molecule has 0 unspecified atom stereocenters. The molecule has 0 aromatic rings. The highest BCUT2D eigenvalue weighted by molar-refractivity contribution is 5.12. The van der Waals surface area contributed by atoms with Crippen molar-refractivity contribution in [2.45, 2.75) is 90.8 Å². The Kier molecular flexibility index (Phi) is 4.68. The number of fused-ring (bicyclic) bond motifs is 5. The first-order valence-electron chi connectivity index (χ1n) is 11.0. The molecule has 0 radical (unpaired) electrons. The molecule has 3 heteroatoms. The van der Waals surface area contributed by atoms with Crippen molar-refractivity contribution in [3.8, 4) is 6.07 Å². The molecule has 0 aromatic carbocycles. The molecule has 0 aliphatic heterocycles. The molecule has 0 saturated heterocycles. The molecule has 4 rings (SSSR count). The van der Waals surface area contributed by atoms with Gasteiger partial charge in [-0.15, -0.1) is 0 Å². The predicted octanol–water partition coefficient (Wildman–Crippen LogP) is 4.53. The van der Waals surface area contributed by atoms with Crippen LogP contribution in [0.1, 0.15) is 78.6 Å². The summed E-state index contributed by atoms with van der Waals surface area (Å²) in [6.07, 6.45) is 9.12. The van der Waals surface area contributed by atoms with E-state index in [0.717, 1.165) is 25.7 Å². The second-order valence-electron chi connectivity index (χ2n) is 10.8. The van der Waals surface area contributed by atoms with E-state index in [0.29, 0.717) is 52.8 Å². The maximum absolute atomic E-state index is 11.2. The molecule has 26 heavy (non-hydrogen) atoms. The van der Waals surface area contributed by atoms with E-state index >= 15 is 0 Å². The zero-order valence-corrected chi connectivity index (χ0v) is 16.8. The molecule has 3 nitrogen and oxygen atoms in total. The lowest BCUT2D eigenvalue weighted by Gasteiger charge is -2.62. The summed E-state index contributed by atoms with van der Waals surface area (Å²) >= 11 is 0. The van der Waals surface area contributed by atoms with Crippen LogP contribution >= 0.6 is 0 Å². The summed E-state index contributed by atoms with van der Waals surface area (Å²) in [4.78, 5) is 0. The first kappa shape index (κ1) is 18.8. The zero-order valence-electron chi connectivity index (χ0n) is 16.8. The Balaban J connectivity index is 1.62. The monoisotopic (exact) mass is 359 g/mol. The van der Waals surface area contributed by atoms with Crippen molar-refractivity contribution in [3.05, 3.63) is 0 Å². The summed E-state index contributed by atoms with van der Waals surface area (Å²) in [5.74, 6) is 3.27. The fraction of sp³-hybridized carbons (Fsp3) is 0.957. The van der Waals surface area contributed by atoms with Gasteiger partial charge in [-0.3, -0.25) is 0 Å². The lowest BCUT2D eigenvalue weighted by molar-refractivity contribution is -0.174. The molecule has 0 aromatic heterocycles. The van der Waals surface area contributed by atoms with Gasteiger partial charge in [0, 0.05) is 6.42 Å². The summed E-state index contributed by atoms with van der Waals surface area (Å²) in [7, 11) is 0. The van der Waals surface area contributed by atoms with E-state index < -0.39 is 0 Å². The summed E-state index contributed by atoms with van der Waals surface area (Å²) in [5, 5.41) is 30.6. The SMILES string of the molecule is C[C@H](CC#N)[C@H]1CC[C@H]2[C@@H]3[C@@H](O)C[C@@H]4C[C@H](O)CC[C@]4(C)[C@H]3CC[C@]12C. The first-order valence-corrected chi connectivity index (χ1v) is 11.0. The highest BCUT2D eigenvalue weighted by Gasteiger charge is 2.62. The number of nitrogens with zero attached hydrogens (tertiary/aromatic N) is 1. The Bertz CT molecular complexity index is 585. The molecule has 0 spiro atoms. The molecule has 146 valence electrons. The number of hydrogen-bond acceptors (Lipinski definition) is 3. The molecule has 4 aliphatic carbocycles. The van der Waals surface area contributed by atoms with Gasteiger partial charge in [-0.05, 0) is 97.7 Å². The van der Waals surface area contributed by atoms with Gasteiger partial charge in [0.15, 0.2) is 0 Å². The molecular formula is C23H37NO2. The van der Waals surface area contributed by atoms with E-state index in [1.807, 2.05) is 0 Å². The molecule has 0 heterocycles. The zero-order chi connectivity index (χ0) is 18.7. The fourth-order valence-electron chi connectivity index (χ4n) is 8.46. The van der Waals surface area contributed by atoms with Gasteiger partial charge >= 0.3 is 0 Å². The number of aliphatic hydroxyl groups is 2. The van der Waals surface area contributed by atoms with Crippen LogP contribution < -0.4 is 0 Å². The Morgan fingerprint density at radius 3 is 2.42 bits per heavy atom. The van der Waals surface area contributed by atoms with Gasteiger partial charge in [-0.1, -0.05) is 20.8 Å². The Morgan fingerprint density at radius 2 is 1.69 bits per heavy atom. The van der Waals surface area contributed by atoms with Gasteiger partial charge in [0.25, 0.3) is 0 Å². The third kappa shape index (κ3) is 2.59. The van der Waals surface area contributed by atoms with E-state index in [1.165, 1.54) is 25.7 Å². The van der Waals surface area contributed by atoms with Gasteiger partial charge in [-0.2, -0.15) is 5.26 Å². The van der Waals surface area contributed by atoms with Crippen LogP contribution in [-0.2, 0) is 0 Å². The number of hydrogen-bond donors (Lipinski definition) is 2. The van der Waals surface area contributed by atoms with Crippen LogP contribution in [-0.4, -0.2) is 22.4 Å². The van der Waals surface area contributed by atoms with Crippen LogP contribution in [0.5, 0.6) is 0 Å². The standard InChI is InChI=1S/C23H37NO2/c1-14(8-11-24)17-4-5-18-21-19(7-10-23(17,18)3)22(2)9-6-16(25)12-15(22)13-20(21)26/h14-21,25-26H,4-10,12-13H2,1-3H3/t14-,15+,16-,17-,18+,19+,20+,21+,22+,23-/m1/s1. The average Bonchev–Trinajstić information content (AvgIpc) is 2.94. The Morgan fingerprint density at radius 1 is 1.00 bits per heavy atom. The molecule has 2 N–H and O–H groups in total. The largest absolute Gasteiger partial charge is 0.393 e. The van der Waals surface area contributed by atoms with E-state index in [2.05, 4.69) is 26.8 Å². The summed E-state index contributed by atoms with van der Waals surface area (Å²) < 4.78 is 0. The van der Waals surface area contributed by atoms with Gasteiger partial charge < -0.3 is 10.2 Å². The van der Waals surface area contributed by atoms with E-state index in [9.17, 15) is 15.5 Å². The van der Waals surface area contributed by atoms with Crippen molar-refractivity contribution >= 4 is 0 Å². The minimum atomic E-state index is -0.196. The van der Waals surface area contributed by atoms with Crippen LogP contribution in [0.15, 0.2) is 0 Å². The number of aliphatic hydroxyl groups excluding tert-OH is 2. The van der Waals surface area contributed by atoms with Crippen molar-refractivity contribution in [3.63, 3.8) is 0 Å². The Labute approximate surface area is 159 Å². The number of rotatable bonds is 2. The molecule has 4 fully saturated rings. The average molecular weight is 360 g/mol. The van der Waals surface area contributed by atoms with Crippen LogP contribution in [0.25, 0.3) is 0 Å². The quantitative estimate of drug-likeness (QED) is 0.761. The van der Waals surface area contributed by atoms with E-state index in [-0.39, 0.29) is 12.2 Å². The highest BCUT2D eigenvalue weighted by atomic mass is 16.3. The van der Waals surface area contributed by atoms with Gasteiger partial charge in [0.05, 0.1) is 18.3 Å². The molecule has 0 bridgehead atoms. The van der Waals surface area contributed by atoms with E-state index in [1.54, 1.807) is 0 Å². The van der Waals surface area contributed by atoms with Crippen LogP contribution in [0, 0.1) is 57.7 Å². The molecular weight excluding hydrogens is 322 g/mol. The van der Waals surface area contributed by atoms with Crippen LogP contribution in [0.4, 0.5) is 0 Å². The smallest absolute Gasteiger partial charge is 0.0624 e. The van der Waals surface area contributed by atoms with Crippen LogP contribution in [0.2, 0.25) is 0 Å². The van der Waals surface area contributed by atoms with Gasteiger partial charge in [0.2, 0.25) is 0 Å². The normalized spacial score (nSPS) is 54.5. The van der Waals surface area contributed by atoms with Crippen molar-refractivity contribution in [2.24, 2.45) is 46.3 Å². The van der Waals surface area contributed by atoms with Crippen molar-refractivity contribution in [2.75, 3.05) is 0 Å². The second-order valence-corrected chi connectivity index (χ2v) is 10.8. The highest BCUT2D eigenvalue weighted by Crippen LogP contribution is 2.68. The lowest BCUT2D eigenvalue weighted by Crippen LogP contribution is -2.58. The van der Waals surface area contributed by atoms with Crippen molar-refractivity contribution < 1.29 is 10.2 Å². The summed E-state index contributed by atoms with van der Waals surface area (Å²) in [6, 6.07) is 2.40. The first-order chi connectivity index (χ1) is 12.3. The topological polar surface area (TPSA) is 64.2 Å². The summed E-state index contributed by atoms with van der Waals surface area (Å²) in [6.45, 7) is 7.22. The van der Waals surface area contributed by atoms with Gasteiger partial charge in [0.1, 0.15) is 0 Å². The fourth-order valence-corrected chi connectivity index (χ4v) is 8.46. The molecule has 4 saturated carbocycles. The maximum Gasteiger partial charge on any atom is 0.0624 e. The van der Waals surface area contributed by atoms with Crippen LogP contribution in [0.3, 0.4) is 0 Å². The molecule has 0 amide bonds. The summed E-state index contributed by atoms with van der Waals surface area (Å²) in [5.41, 5.74) is 0.608. The molecule has 4 aliphatic rings. The Hall–Kier alpha value is -0.590. The second kappa shape index (κ2) is 6.49. The maximum atomic E-state index is 11.2. The third-order valence-electron chi connectivity index (χ3n) is 9.83. The van der Waals surface area contributed by atoms with E-state index in [4.69, 9.17) is 0 Å². The lowest BCUT2D eigenvalue weighted by atomic mass is 9.43. The molecule has 10 atom stereocenters. The minimum absolute atomic E-state index is 0.159. The predicted molar refractivity (Wildman–Crippen MR) is 102 cm³/mol. The number of nitriles is 1. The minimum Gasteiger partial charge on any atom is -0.393 e. The third-order valence-corrected chi connectivity index (χ3v) is 9.83.